The summed E-state index contributed by atoms with van der Waals surface area (Å²) in [5.41, 5.74) is 1.47. The SMILES string of the molecule is CSc1cnc(NCC(C)CNc2nc3ccc(N(C)S(C)(=O)=O)cc3s2)nc1. The lowest BCUT2D eigenvalue weighted by Gasteiger charge is -2.16. The maximum absolute atomic E-state index is 11.7. The van der Waals surface area contributed by atoms with Gasteiger partial charge in [0.15, 0.2) is 5.13 Å². The van der Waals surface area contributed by atoms with Gasteiger partial charge in [0, 0.05) is 37.4 Å². The summed E-state index contributed by atoms with van der Waals surface area (Å²) in [7, 11) is -1.74. The summed E-state index contributed by atoms with van der Waals surface area (Å²) >= 11 is 3.12. The zero-order valence-electron chi connectivity index (χ0n) is 16.7. The van der Waals surface area contributed by atoms with Gasteiger partial charge in [-0.25, -0.2) is 23.4 Å². The van der Waals surface area contributed by atoms with Gasteiger partial charge < -0.3 is 10.6 Å². The van der Waals surface area contributed by atoms with Crippen LogP contribution in [0.25, 0.3) is 10.2 Å². The Morgan fingerprint density at radius 2 is 1.90 bits per heavy atom. The second kappa shape index (κ2) is 9.14. The molecule has 11 heteroatoms. The van der Waals surface area contributed by atoms with Crippen LogP contribution in [0.4, 0.5) is 16.8 Å². The fourth-order valence-electron chi connectivity index (χ4n) is 2.49. The van der Waals surface area contributed by atoms with E-state index in [1.54, 1.807) is 37.3 Å². The largest absolute Gasteiger partial charge is 0.361 e. The van der Waals surface area contributed by atoms with Gasteiger partial charge >= 0.3 is 0 Å². The smallest absolute Gasteiger partial charge is 0.231 e. The molecule has 0 saturated heterocycles. The number of nitrogens with one attached hydrogen (secondary N) is 2. The van der Waals surface area contributed by atoms with Crippen molar-refractivity contribution in [1.29, 1.82) is 0 Å². The van der Waals surface area contributed by atoms with Crippen LogP contribution in [0.1, 0.15) is 6.92 Å². The molecule has 29 heavy (non-hydrogen) atoms. The first-order valence-electron chi connectivity index (χ1n) is 8.94. The molecule has 0 spiro atoms. The molecule has 3 aromatic rings. The Bertz CT molecular complexity index is 1070. The maximum Gasteiger partial charge on any atom is 0.231 e. The molecule has 0 aliphatic rings. The van der Waals surface area contributed by atoms with Crippen LogP contribution in [0.3, 0.4) is 0 Å². The monoisotopic (exact) mass is 452 g/mol. The van der Waals surface area contributed by atoms with Crippen molar-refractivity contribution in [3.05, 3.63) is 30.6 Å². The number of anilines is 3. The number of thioether (sulfide) groups is 1. The molecule has 0 saturated carbocycles. The molecule has 2 heterocycles. The second-order valence-corrected chi connectivity index (χ2v) is 10.6. The van der Waals surface area contributed by atoms with E-state index in [1.807, 2.05) is 18.4 Å². The molecule has 0 aliphatic heterocycles. The van der Waals surface area contributed by atoms with Crippen LogP contribution >= 0.6 is 23.1 Å². The van der Waals surface area contributed by atoms with Crippen molar-refractivity contribution in [2.24, 2.45) is 5.92 Å². The van der Waals surface area contributed by atoms with Gasteiger partial charge in [-0.1, -0.05) is 18.3 Å². The first-order chi connectivity index (χ1) is 13.8. The zero-order valence-corrected chi connectivity index (χ0v) is 19.2. The van der Waals surface area contributed by atoms with E-state index in [2.05, 4.69) is 32.5 Å². The summed E-state index contributed by atoms with van der Waals surface area (Å²) < 4.78 is 25.7. The van der Waals surface area contributed by atoms with E-state index in [0.29, 0.717) is 17.6 Å². The lowest BCUT2D eigenvalue weighted by molar-refractivity contribution is 0.600. The van der Waals surface area contributed by atoms with Crippen LogP contribution < -0.4 is 14.9 Å². The third kappa shape index (κ3) is 5.71. The molecule has 0 radical (unpaired) electrons. The molecule has 0 bridgehead atoms. The third-order valence-electron chi connectivity index (χ3n) is 4.31. The summed E-state index contributed by atoms with van der Waals surface area (Å²) in [6.07, 6.45) is 6.79. The molecule has 2 aromatic heterocycles. The van der Waals surface area contributed by atoms with Crippen molar-refractivity contribution < 1.29 is 8.42 Å². The van der Waals surface area contributed by atoms with Crippen LogP contribution in [0, 0.1) is 5.92 Å². The Morgan fingerprint density at radius 1 is 1.21 bits per heavy atom. The number of benzene rings is 1. The number of rotatable bonds is 9. The highest BCUT2D eigenvalue weighted by atomic mass is 32.2. The van der Waals surface area contributed by atoms with Crippen molar-refractivity contribution in [3.63, 3.8) is 0 Å². The summed E-state index contributed by atoms with van der Waals surface area (Å²) in [5.74, 6) is 0.954. The maximum atomic E-state index is 11.7. The van der Waals surface area contributed by atoms with Crippen molar-refractivity contribution in [2.45, 2.75) is 11.8 Å². The number of sulfonamides is 1. The summed E-state index contributed by atoms with van der Waals surface area (Å²) in [5, 5.41) is 7.41. The highest BCUT2D eigenvalue weighted by Crippen LogP contribution is 2.30. The van der Waals surface area contributed by atoms with Crippen LogP contribution in [-0.4, -0.2) is 56.0 Å². The van der Waals surface area contributed by atoms with E-state index in [1.165, 1.54) is 21.9 Å². The van der Waals surface area contributed by atoms with E-state index in [-0.39, 0.29) is 0 Å². The molecule has 1 atom stereocenters. The van der Waals surface area contributed by atoms with Gasteiger partial charge in [0.1, 0.15) is 0 Å². The molecule has 1 aromatic carbocycles. The van der Waals surface area contributed by atoms with Crippen molar-refractivity contribution >= 4 is 60.1 Å². The topological polar surface area (TPSA) is 100 Å². The van der Waals surface area contributed by atoms with Gasteiger partial charge in [-0.3, -0.25) is 4.31 Å². The molecule has 0 aliphatic carbocycles. The zero-order chi connectivity index (χ0) is 21.0. The molecular formula is C18H24N6O2S3. The average Bonchev–Trinajstić information content (AvgIpc) is 3.12. The lowest BCUT2D eigenvalue weighted by atomic mass is 10.2. The number of hydrogen-bond donors (Lipinski definition) is 2. The lowest BCUT2D eigenvalue weighted by Crippen LogP contribution is -2.24. The number of hydrogen-bond acceptors (Lipinski definition) is 9. The van der Waals surface area contributed by atoms with Crippen LogP contribution in [0.15, 0.2) is 35.5 Å². The summed E-state index contributed by atoms with van der Waals surface area (Å²) in [6.45, 7) is 3.61. The van der Waals surface area contributed by atoms with Crippen LogP contribution in [0.5, 0.6) is 0 Å². The Kier molecular flexibility index (Phi) is 6.81. The van der Waals surface area contributed by atoms with Gasteiger partial charge in [-0.15, -0.1) is 11.8 Å². The molecule has 3 rings (SSSR count). The Morgan fingerprint density at radius 3 is 2.55 bits per heavy atom. The minimum absolute atomic E-state index is 0.331. The third-order valence-corrected chi connectivity index (χ3v) is 7.17. The fourth-order valence-corrected chi connectivity index (χ4v) is 4.21. The standard InChI is InChI=1S/C18H24N6O2S3/c1-12(8-19-17-20-10-14(27-3)11-21-17)9-22-18-23-15-6-5-13(7-16(15)28-18)24(2)29(4,25)26/h5-7,10-12H,8-9H2,1-4H3,(H,22,23)(H,19,20,21). The molecule has 0 amide bonds. The predicted molar refractivity (Wildman–Crippen MR) is 123 cm³/mol. The second-order valence-electron chi connectivity index (χ2n) is 6.72. The van der Waals surface area contributed by atoms with Crippen LogP contribution in [-0.2, 0) is 10.0 Å². The molecule has 2 N–H and O–H groups in total. The summed E-state index contributed by atoms with van der Waals surface area (Å²) in [6, 6.07) is 5.45. The normalized spacial score (nSPS) is 12.7. The van der Waals surface area contributed by atoms with Crippen molar-refractivity contribution in [2.75, 3.05) is 47.6 Å². The number of fused-ring (bicyclic) bond motifs is 1. The van der Waals surface area contributed by atoms with E-state index in [0.717, 1.165) is 33.3 Å². The molecule has 0 fully saturated rings. The highest BCUT2D eigenvalue weighted by Gasteiger charge is 2.14. The first kappa shape index (κ1) is 21.6. The Labute approximate surface area is 179 Å². The fraction of sp³-hybridized carbons (Fsp3) is 0.389. The minimum Gasteiger partial charge on any atom is -0.361 e. The Balaban J connectivity index is 1.56. The van der Waals surface area contributed by atoms with E-state index in [9.17, 15) is 8.42 Å². The summed E-state index contributed by atoms with van der Waals surface area (Å²) in [4.78, 5) is 14.2. The predicted octanol–water partition coefficient (Wildman–Crippen LogP) is 3.36. The van der Waals surface area contributed by atoms with Gasteiger partial charge in [0.2, 0.25) is 16.0 Å². The molecule has 1 unspecified atom stereocenters. The van der Waals surface area contributed by atoms with Gasteiger partial charge in [-0.2, -0.15) is 0 Å². The number of aromatic nitrogens is 3. The van der Waals surface area contributed by atoms with Gasteiger partial charge in [0.05, 0.1) is 22.2 Å². The number of thiazole rings is 1. The Hall–Kier alpha value is -2.11. The number of nitrogens with zero attached hydrogens (tertiary/aromatic N) is 4. The minimum atomic E-state index is -3.29. The van der Waals surface area contributed by atoms with E-state index < -0.39 is 10.0 Å². The molecule has 8 nitrogen and oxygen atoms in total. The average molecular weight is 453 g/mol. The van der Waals surface area contributed by atoms with Crippen molar-refractivity contribution in [1.82, 2.24) is 15.0 Å². The quantitative estimate of drug-likeness (QED) is 0.477. The van der Waals surface area contributed by atoms with Gasteiger partial charge in [0.25, 0.3) is 0 Å². The van der Waals surface area contributed by atoms with Crippen LogP contribution in [0.2, 0.25) is 0 Å². The first-order valence-corrected chi connectivity index (χ1v) is 12.8. The van der Waals surface area contributed by atoms with E-state index >= 15 is 0 Å². The van der Waals surface area contributed by atoms with E-state index in [4.69, 9.17) is 0 Å². The molecular weight excluding hydrogens is 428 g/mol. The van der Waals surface area contributed by atoms with Crippen molar-refractivity contribution in [3.8, 4) is 0 Å². The van der Waals surface area contributed by atoms with Gasteiger partial charge in [-0.05, 0) is 30.4 Å². The highest BCUT2D eigenvalue weighted by molar-refractivity contribution is 7.98. The molecule has 156 valence electrons.